The summed E-state index contributed by atoms with van der Waals surface area (Å²) < 4.78 is 5.53. The molecule has 3 aromatic heterocycles. The number of H-pyrrole nitrogens is 1. The molecule has 0 atom stereocenters. The number of aromatic nitrogens is 3. The SMILES string of the molecule is CCN1CC(CCc2cc(Nc3nc(C)cc4[nH]ccc34)ncc2OC)C1. The summed E-state index contributed by atoms with van der Waals surface area (Å²) in [7, 11) is 1.71. The fraction of sp³-hybridized carbons (Fsp3) is 0.429. The molecule has 4 heterocycles. The maximum atomic E-state index is 5.53. The monoisotopic (exact) mass is 365 g/mol. The van der Waals surface area contributed by atoms with Gasteiger partial charge in [-0.15, -0.1) is 0 Å². The molecule has 0 aliphatic carbocycles. The molecular formula is C21H27N5O. The average Bonchev–Trinajstić information content (AvgIpc) is 3.09. The van der Waals surface area contributed by atoms with Crippen LogP contribution in [0, 0.1) is 12.8 Å². The lowest BCUT2D eigenvalue weighted by Gasteiger charge is -2.38. The van der Waals surface area contributed by atoms with Crippen molar-refractivity contribution < 1.29 is 4.74 Å². The highest BCUT2D eigenvalue weighted by molar-refractivity contribution is 5.91. The number of aromatic amines is 1. The van der Waals surface area contributed by atoms with Gasteiger partial charge in [0.25, 0.3) is 0 Å². The molecule has 6 nitrogen and oxygen atoms in total. The van der Waals surface area contributed by atoms with Crippen molar-refractivity contribution >= 4 is 22.5 Å². The Balaban J connectivity index is 1.52. The fourth-order valence-corrected chi connectivity index (χ4v) is 3.81. The second-order valence-corrected chi connectivity index (χ2v) is 7.31. The number of methoxy groups -OCH3 is 1. The molecule has 142 valence electrons. The zero-order valence-electron chi connectivity index (χ0n) is 16.2. The van der Waals surface area contributed by atoms with Crippen molar-refractivity contribution in [3.05, 3.63) is 41.9 Å². The average molecular weight is 365 g/mol. The van der Waals surface area contributed by atoms with Crippen LogP contribution in [0.5, 0.6) is 5.75 Å². The van der Waals surface area contributed by atoms with Crippen LogP contribution in [0.4, 0.5) is 11.6 Å². The molecule has 6 heteroatoms. The Labute approximate surface area is 160 Å². The van der Waals surface area contributed by atoms with Crippen molar-refractivity contribution in [2.24, 2.45) is 5.92 Å². The first kappa shape index (κ1) is 17.8. The molecule has 1 aliphatic rings. The Bertz CT molecular complexity index is 929. The summed E-state index contributed by atoms with van der Waals surface area (Å²) in [6.07, 6.45) is 5.92. The number of hydrogen-bond donors (Lipinski definition) is 2. The highest BCUT2D eigenvalue weighted by Gasteiger charge is 2.25. The number of anilines is 2. The molecule has 1 saturated heterocycles. The van der Waals surface area contributed by atoms with Gasteiger partial charge in [0, 0.05) is 30.4 Å². The Morgan fingerprint density at radius 1 is 1.33 bits per heavy atom. The van der Waals surface area contributed by atoms with E-state index in [4.69, 9.17) is 4.74 Å². The van der Waals surface area contributed by atoms with Crippen LogP contribution in [-0.4, -0.2) is 46.6 Å². The van der Waals surface area contributed by atoms with Gasteiger partial charge in [0.1, 0.15) is 17.4 Å². The minimum absolute atomic E-state index is 0.789. The van der Waals surface area contributed by atoms with Gasteiger partial charge >= 0.3 is 0 Å². The molecule has 0 spiro atoms. The number of fused-ring (bicyclic) bond motifs is 1. The highest BCUT2D eigenvalue weighted by atomic mass is 16.5. The third-order valence-corrected chi connectivity index (χ3v) is 5.39. The topological polar surface area (TPSA) is 66.1 Å². The number of aryl methyl sites for hydroxylation is 2. The molecule has 27 heavy (non-hydrogen) atoms. The molecule has 0 bridgehead atoms. The van der Waals surface area contributed by atoms with Crippen LogP contribution in [0.1, 0.15) is 24.6 Å². The fourth-order valence-electron chi connectivity index (χ4n) is 3.81. The largest absolute Gasteiger partial charge is 0.495 e. The van der Waals surface area contributed by atoms with Gasteiger partial charge in [-0.25, -0.2) is 9.97 Å². The van der Waals surface area contributed by atoms with E-state index in [0.29, 0.717) is 0 Å². The number of nitrogens with one attached hydrogen (secondary N) is 2. The Morgan fingerprint density at radius 2 is 2.19 bits per heavy atom. The highest BCUT2D eigenvalue weighted by Crippen LogP contribution is 2.29. The van der Waals surface area contributed by atoms with Gasteiger partial charge in [-0.2, -0.15) is 0 Å². The number of pyridine rings is 2. The summed E-state index contributed by atoms with van der Waals surface area (Å²) in [6.45, 7) is 7.80. The van der Waals surface area contributed by atoms with Crippen LogP contribution in [0.3, 0.4) is 0 Å². The summed E-state index contributed by atoms with van der Waals surface area (Å²) in [5, 5.41) is 4.46. The van der Waals surface area contributed by atoms with Gasteiger partial charge in [-0.05, 0) is 56.0 Å². The maximum absolute atomic E-state index is 5.53. The third kappa shape index (κ3) is 3.76. The van der Waals surface area contributed by atoms with E-state index in [1.54, 1.807) is 13.3 Å². The van der Waals surface area contributed by atoms with E-state index >= 15 is 0 Å². The molecule has 0 radical (unpaired) electrons. The Hall–Kier alpha value is -2.60. The maximum Gasteiger partial charge on any atom is 0.141 e. The van der Waals surface area contributed by atoms with E-state index in [2.05, 4.69) is 38.2 Å². The second kappa shape index (κ2) is 7.56. The van der Waals surface area contributed by atoms with E-state index in [1.807, 2.05) is 25.3 Å². The minimum atomic E-state index is 0.789. The number of rotatable bonds is 7. The van der Waals surface area contributed by atoms with Crippen molar-refractivity contribution in [3.63, 3.8) is 0 Å². The van der Waals surface area contributed by atoms with E-state index in [1.165, 1.54) is 25.1 Å². The Kier molecular flexibility index (Phi) is 4.99. The molecular weight excluding hydrogens is 338 g/mol. The van der Waals surface area contributed by atoms with E-state index in [9.17, 15) is 0 Å². The molecule has 2 N–H and O–H groups in total. The second-order valence-electron chi connectivity index (χ2n) is 7.31. The first-order chi connectivity index (χ1) is 13.2. The first-order valence-electron chi connectivity index (χ1n) is 9.63. The number of likely N-dealkylation sites (tertiary alicyclic amines) is 1. The van der Waals surface area contributed by atoms with Crippen LogP contribution >= 0.6 is 0 Å². The van der Waals surface area contributed by atoms with Crippen molar-refractivity contribution in [3.8, 4) is 5.75 Å². The standard InChI is InChI=1S/C21H27N5O/c1-4-26-12-15(13-26)5-6-16-10-20(23-11-19(16)27-3)25-21-17-7-8-22-18(17)9-14(2)24-21/h7-11,15,22H,4-6,12-13H2,1-3H3,(H,23,24,25). The molecule has 4 rings (SSSR count). The van der Waals surface area contributed by atoms with Crippen LogP contribution in [-0.2, 0) is 6.42 Å². The summed E-state index contributed by atoms with van der Waals surface area (Å²) in [4.78, 5) is 14.9. The zero-order chi connectivity index (χ0) is 18.8. The van der Waals surface area contributed by atoms with Gasteiger partial charge in [0.2, 0.25) is 0 Å². The molecule has 1 aliphatic heterocycles. The van der Waals surface area contributed by atoms with Crippen molar-refractivity contribution in [1.82, 2.24) is 19.9 Å². The lowest BCUT2D eigenvalue weighted by Crippen LogP contribution is -2.46. The van der Waals surface area contributed by atoms with Gasteiger partial charge < -0.3 is 19.9 Å². The zero-order valence-corrected chi connectivity index (χ0v) is 16.2. The van der Waals surface area contributed by atoms with Gasteiger partial charge in [-0.3, -0.25) is 0 Å². The predicted octanol–water partition coefficient (Wildman–Crippen LogP) is 3.90. The van der Waals surface area contributed by atoms with Crippen molar-refractivity contribution in [1.29, 1.82) is 0 Å². The summed E-state index contributed by atoms with van der Waals surface area (Å²) in [5.41, 5.74) is 3.23. The van der Waals surface area contributed by atoms with Crippen LogP contribution < -0.4 is 10.1 Å². The van der Waals surface area contributed by atoms with E-state index in [-0.39, 0.29) is 0 Å². The van der Waals surface area contributed by atoms with Gasteiger partial charge in [-0.1, -0.05) is 6.92 Å². The summed E-state index contributed by atoms with van der Waals surface area (Å²) >= 11 is 0. The van der Waals surface area contributed by atoms with Crippen LogP contribution in [0.2, 0.25) is 0 Å². The molecule has 3 aromatic rings. The lowest BCUT2D eigenvalue weighted by molar-refractivity contribution is 0.101. The summed E-state index contributed by atoms with van der Waals surface area (Å²) in [5.74, 6) is 3.27. The van der Waals surface area contributed by atoms with Gasteiger partial charge in [0.05, 0.1) is 18.8 Å². The van der Waals surface area contributed by atoms with E-state index in [0.717, 1.165) is 52.9 Å². The van der Waals surface area contributed by atoms with Crippen molar-refractivity contribution in [2.75, 3.05) is 32.1 Å². The lowest BCUT2D eigenvalue weighted by atomic mass is 9.92. The Morgan fingerprint density at radius 3 is 2.96 bits per heavy atom. The smallest absolute Gasteiger partial charge is 0.141 e. The molecule has 0 aromatic carbocycles. The molecule has 0 saturated carbocycles. The molecule has 0 amide bonds. The molecule has 0 unspecified atom stereocenters. The minimum Gasteiger partial charge on any atom is -0.495 e. The number of hydrogen-bond acceptors (Lipinski definition) is 5. The van der Waals surface area contributed by atoms with E-state index < -0.39 is 0 Å². The van der Waals surface area contributed by atoms with Crippen molar-refractivity contribution in [2.45, 2.75) is 26.7 Å². The quantitative estimate of drug-likeness (QED) is 0.665. The third-order valence-electron chi connectivity index (χ3n) is 5.39. The van der Waals surface area contributed by atoms with Crippen LogP contribution in [0.25, 0.3) is 10.9 Å². The summed E-state index contributed by atoms with van der Waals surface area (Å²) in [6, 6.07) is 6.17. The number of nitrogens with zero attached hydrogens (tertiary/aromatic N) is 3. The van der Waals surface area contributed by atoms with Crippen LogP contribution in [0.15, 0.2) is 30.6 Å². The first-order valence-corrected chi connectivity index (χ1v) is 9.63. The van der Waals surface area contributed by atoms with Gasteiger partial charge in [0.15, 0.2) is 0 Å². The normalized spacial score (nSPS) is 15.1. The predicted molar refractivity (Wildman–Crippen MR) is 109 cm³/mol. The molecule has 1 fully saturated rings. The number of ether oxygens (including phenoxy) is 1.